The number of hydrogen-bond donors (Lipinski definition) is 2. The van der Waals surface area contributed by atoms with E-state index in [-0.39, 0.29) is 10.8 Å². The molecule has 0 unspecified atom stereocenters. The standard InChI is InChI=1S/C15H21NO7S2/c1-10(2)11-3-5-12(6-4-11)25(22,23)16(7-15(18)19)13-8-24(20,21)9-14(13)17/h3-6,10,13-14,17H,7-9H2,1-2H3,(H,18,19)/t13-,14-/m0/s1. The van der Waals surface area contributed by atoms with E-state index in [4.69, 9.17) is 5.11 Å². The Morgan fingerprint density at radius 3 is 2.20 bits per heavy atom. The van der Waals surface area contributed by atoms with Crippen LogP contribution < -0.4 is 0 Å². The van der Waals surface area contributed by atoms with Crippen LogP contribution >= 0.6 is 0 Å². The normalized spacial score (nSPS) is 23.2. The molecule has 0 spiro atoms. The third-order valence-electron chi connectivity index (χ3n) is 4.11. The van der Waals surface area contributed by atoms with E-state index < -0.39 is 56.0 Å². The fourth-order valence-electron chi connectivity index (χ4n) is 2.76. The maximum absolute atomic E-state index is 12.8. The number of sulfone groups is 1. The van der Waals surface area contributed by atoms with Crippen LogP contribution in [0.25, 0.3) is 0 Å². The van der Waals surface area contributed by atoms with Crippen molar-refractivity contribution >= 4 is 25.8 Å². The van der Waals surface area contributed by atoms with Crippen molar-refractivity contribution in [3.63, 3.8) is 0 Å². The van der Waals surface area contributed by atoms with Crippen LogP contribution in [0.1, 0.15) is 25.3 Å². The first-order valence-corrected chi connectivity index (χ1v) is 10.9. The molecule has 25 heavy (non-hydrogen) atoms. The number of aliphatic carboxylic acids is 1. The highest BCUT2D eigenvalue weighted by molar-refractivity contribution is 7.92. The summed E-state index contributed by atoms with van der Waals surface area (Å²) in [5, 5.41) is 19.0. The Labute approximate surface area is 147 Å². The van der Waals surface area contributed by atoms with Crippen molar-refractivity contribution in [3.8, 4) is 0 Å². The smallest absolute Gasteiger partial charge is 0.318 e. The number of carboxylic acid groups (broad SMARTS) is 1. The zero-order chi connectivity index (χ0) is 19.0. The first-order chi connectivity index (χ1) is 11.4. The van der Waals surface area contributed by atoms with E-state index in [1.165, 1.54) is 12.1 Å². The van der Waals surface area contributed by atoms with Crippen molar-refractivity contribution in [1.29, 1.82) is 0 Å². The van der Waals surface area contributed by atoms with Crippen LogP contribution in [0.15, 0.2) is 29.2 Å². The Kier molecular flexibility index (Phi) is 5.57. The molecule has 2 atom stereocenters. The SMILES string of the molecule is CC(C)c1ccc(S(=O)(=O)N(CC(=O)O)[C@H]2CS(=O)(=O)C[C@@H]2O)cc1. The molecule has 140 valence electrons. The minimum Gasteiger partial charge on any atom is -0.480 e. The summed E-state index contributed by atoms with van der Waals surface area (Å²) in [5.74, 6) is -2.44. The van der Waals surface area contributed by atoms with Crippen molar-refractivity contribution in [2.45, 2.75) is 36.8 Å². The number of nitrogens with zero attached hydrogens (tertiary/aromatic N) is 1. The third-order valence-corrected chi connectivity index (χ3v) is 7.69. The van der Waals surface area contributed by atoms with Gasteiger partial charge in [-0.15, -0.1) is 0 Å². The lowest BCUT2D eigenvalue weighted by molar-refractivity contribution is -0.137. The topological polar surface area (TPSA) is 129 Å². The molecule has 1 aliphatic heterocycles. The zero-order valence-electron chi connectivity index (χ0n) is 13.9. The van der Waals surface area contributed by atoms with Crippen molar-refractivity contribution in [1.82, 2.24) is 4.31 Å². The van der Waals surface area contributed by atoms with Gasteiger partial charge < -0.3 is 10.2 Å². The van der Waals surface area contributed by atoms with E-state index in [9.17, 15) is 26.7 Å². The van der Waals surface area contributed by atoms with E-state index in [0.29, 0.717) is 4.31 Å². The molecule has 0 saturated carbocycles. The molecule has 10 heteroatoms. The highest BCUT2D eigenvalue weighted by Crippen LogP contribution is 2.26. The van der Waals surface area contributed by atoms with Crippen LogP contribution in [-0.4, -0.2) is 67.5 Å². The lowest BCUT2D eigenvalue weighted by Gasteiger charge is -2.28. The Hall–Kier alpha value is -1.49. The van der Waals surface area contributed by atoms with Crippen LogP contribution in [0.3, 0.4) is 0 Å². The molecule has 1 aliphatic rings. The van der Waals surface area contributed by atoms with Gasteiger partial charge in [0.25, 0.3) is 0 Å². The average molecular weight is 391 g/mol. The van der Waals surface area contributed by atoms with Crippen molar-refractivity contribution in [3.05, 3.63) is 29.8 Å². The molecule has 2 rings (SSSR count). The molecule has 1 saturated heterocycles. The molecule has 0 aliphatic carbocycles. The molecular formula is C15H21NO7S2. The van der Waals surface area contributed by atoms with Crippen molar-refractivity contribution in [2.75, 3.05) is 18.1 Å². The average Bonchev–Trinajstić information content (AvgIpc) is 2.77. The number of rotatable bonds is 6. The van der Waals surface area contributed by atoms with Gasteiger partial charge in [-0.1, -0.05) is 26.0 Å². The van der Waals surface area contributed by atoms with Crippen molar-refractivity contribution < 1.29 is 31.8 Å². The second-order valence-electron chi connectivity index (χ2n) is 6.38. The van der Waals surface area contributed by atoms with Gasteiger partial charge in [0.2, 0.25) is 10.0 Å². The highest BCUT2D eigenvalue weighted by Gasteiger charge is 2.45. The number of aliphatic hydroxyl groups is 1. The lowest BCUT2D eigenvalue weighted by atomic mass is 10.0. The van der Waals surface area contributed by atoms with Gasteiger partial charge in [0.1, 0.15) is 6.54 Å². The Morgan fingerprint density at radius 1 is 1.24 bits per heavy atom. The summed E-state index contributed by atoms with van der Waals surface area (Å²) < 4.78 is 49.7. The Morgan fingerprint density at radius 2 is 1.80 bits per heavy atom. The first kappa shape index (κ1) is 19.8. The predicted octanol–water partition coefficient (Wildman–Crippen LogP) is 0.0432. The predicted molar refractivity (Wildman–Crippen MR) is 90.5 cm³/mol. The number of aliphatic hydroxyl groups excluding tert-OH is 1. The third kappa shape index (κ3) is 4.38. The molecule has 1 aromatic rings. The second kappa shape index (κ2) is 7.02. The maximum atomic E-state index is 12.8. The van der Waals surface area contributed by atoms with Gasteiger partial charge in [0.05, 0.1) is 28.5 Å². The minimum absolute atomic E-state index is 0.144. The lowest BCUT2D eigenvalue weighted by Crippen LogP contribution is -2.48. The van der Waals surface area contributed by atoms with Gasteiger partial charge in [-0.3, -0.25) is 4.79 Å². The summed E-state index contributed by atoms with van der Waals surface area (Å²) in [4.78, 5) is 11.0. The number of carboxylic acids is 1. The van der Waals surface area contributed by atoms with E-state index in [1.54, 1.807) is 12.1 Å². The Balaban J connectivity index is 2.44. The van der Waals surface area contributed by atoms with E-state index in [2.05, 4.69) is 0 Å². The maximum Gasteiger partial charge on any atom is 0.318 e. The van der Waals surface area contributed by atoms with E-state index in [0.717, 1.165) is 5.56 Å². The summed E-state index contributed by atoms with van der Waals surface area (Å²) in [5.41, 5.74) is 0.909. The van der Waals surface area contributed by atoms with E-state index in [1.807, 2.05) is 13.8 Å². The minimum atomic E-state index is -4.28. The van der Waals surface area contributed by atoms with E-state index >= 15 is 0 Å². The molecule has 0 amide bonds. The summed E-state index contributed by atoms with van der Waals surface area (Å²) >= 11 is 0. The van der Waals surface area contributed by atoms with Gasteiger partial charge in [0, 0.05) is 0 Å². The zero-order valence-corrected chi connectivity index (χ0v) is 15.5. The molecule has 0 bridgehead atoms. The molecule has 1 fully saturated rings. The molecule has 0 aromatic heterocycles. The van der Waals surface area contributed by atoms with Gasteiger partial charge in [-0.2, -0.15) is 4.31 Å². The summed E-state index contributed by atoms with van der Waals surface area (Å²) in [7, 11) is -7.91. The number of carbonyl (C=O) groups is 1. The van der Waals surface area contributed by atoms with Crippen LogP contribution in [0, 0.1) is 0 Å². The second-order valence-corrected chi connectivity index (χ2v) is 10.4. The summed E-state index contributed by atoms with van der Waals surface area (Å²) in [6, 6.07) is 4.64. The quantitative estimate of drug-likeness (QED) is 0.700. The molecule has 8 nitrogen and oxygen atoms in total. The van der Waals surface area contributed by atoms with Crippen LogP contribution in [0.5, 0.6) is 0 Å². The van der Waals surface area contributed by atoms with Crippen LogP contribution in [0.4, 0.5) is 0 Å². The largest absolute Gasteiger partial charge is 0.480 e. The van der Waals surface area contributed by atoms with Crippen molar-refractivity contribution in [2.24, 2.45) is 0 Å². The molecule has 1 heterocycles. The molecule has 2 N–H and O–H groups in total. The molecule has 1 aromatic carbocycles. The number of benzene rings is 1. The van der Waals surface area contributed by atoms with Crippen LogP contribution in [0.2, 0.25) is 0 Å². The van der Waals surface area contributed by atoms with Gasteiger partial charge in [0.15, 0.2) is 9.84 Å². The summed E-state index contributed by atoms with van der Waals surface area (Å²) in [6.07, 6.45) is -1.46. The van der Waals surface area contributed by atoms with Gasteiger partial charge in [-0.25, -0.2) is 16.8 Å². The fraction of sp³-hybridized carbons (Fsp3) is 0.533. The van der Waals surface area contributed by atoms with Gasteiger partial charge >= 0.3 is 5.97 Å². The van der Waals surface area contributed by atoms with Crippen LogP contribution in [-0.2, 0) is 24.7 Å². The Bertz CT molecular complexity index is 844. The monoisotopic (exact) mass is 391 g/mol. The highest BCUT2D eigenvalue weighted by atomic mass is 32.2. The summed E-state index contributed by atoms with van der Waals surface area (Å²) in [6.45, 7) is 2.96. The number of sulfonamides is 1. The molecule has 0 radical (unpaired) electrons. The molecular weight excluding hydrogens is 370 g/mol. The van der Waals surface area contributed by atoms with Gasteiger partial charge in [-0.05, 0) is 23.6 Å². The fourth-order valence-corrected chi connectivity index (χ4v) is 6.26. The number of hydrogen-bond acceptors (Lipinski definition) is 6. The first-order valence-electron chi connectivity index (χ1n) is 7.66.